The van der Waals surface area contributed by atoms with Crippen LogP contribution in [0.2, 0.25) is 0 Å². The van der Waals surface area contributed by atoms with Crippen LogP contribution in [0.25, 0.3) is 0 Å². The number of carboxylic acid groups (broad SMARTS) is 2. The maximum Gasteiger partial charge on any atom is 0.305 e. The molecule has 3 fully saturated rings. The highest BCUT2D eigenvalue weighted by Gasteiger charge is 2.41. The largest absolute Gasteiger partial charge is 0.481 e. The predicted octanol–water partition coefficient (Wildman–Crippen LogP) is -8.64. The van der Waals surface area contributed by atoms with Crippen molar-refractivity contribution in [1.82, 2.24) is 84.2 Å². The Kier molecular flexibility index (Phi) is 41.0. The molecule has 45 heteroatoms. The number of rotatable bonds is 32. The monoisotopic (exact) mass is 1600 g/mol. The highest BCUT2D eigenvalue weighted by atomic mass is 33.1. The van der Waals surface area contributed by atoms with E-state index in [9.17, 15) is 101 Å². The lowest BCUT2D eigenvalue weighted by Gasteiger charge is -2.29. The Morgan fingerprint density at radius 2 is 1.15 bits per heavy atom. The van der Waals surface area contributed by atoms with Crippen LogP contribution in [-0.4, -0.2) is 280 Å². The summed E-state index contributed by atoms with van der Waals surface area (Å²) in [6.45, 7) is 6.44. The second kappa shape index (κ2) is 47.9. The number of carbonyl (C=O) groups excluding carboxylic acids is 17. The zero-order valence-electron chi connectivity index (χ0n) is 61.6. The molecule has 0 saturated carbocycles. The molecule has 42 nitrogen and oxygen atoms in total. The minimum absolute atomic E-state index is 0.0113. The van der Waals surface area contributed by atoms with Gasteiger partial charge in [-0.25, -0.2) is 0 Å². The number of amides is 17. The number of carbonyl (C=O) groups is 19. The van der Waals surface area contributed by atoms with Gasteiger partial charge in [0.2, 0.25) is 100 Å². The molecule has 17 amide bonds. The van der Waals surface area contributed by atoms with Crippen LogP contribution in [0.1, 0.15) is 125 Å². The molecular formula is C64H105N21O21S3. The first kappa shape index (κ1) is 93.4. The lowest BCUT2D eigenvalue weighted by Crippen LogP contribution is -2.58. The molecular weight excluding hydrogens is 1500 g/mol. The van der Waals surface area contributed by atoms with Gasteiger partial charge >= 0.3 is 11.9 Å². The van der Waals surface area contributed by atoms with Gasteiger partial charge in [-0.15, -0.1) is 0 Å². The van der Waals surface area contributed by atoms with Gasteiger partial charge in [0, 0.05) is 43.8 Å². The van der Waals surface area contributed by atoms with Crippen LogP contribution >= 0.6 is 34.2 Å². The Bertz CT molecular complexity index is 3310. The maximum atomic E-state index is 14.4. The molecule has 3 aliphatic rings. The highest BCUT2D eigenvalue weighted by Crippen LogP contribution is 2.25. The minimum Gasteiger partial charge on any atom is -0.481 e. The number of aliphatic carboxylic acids is 2. The van der Waals surface area contributed by atoms with E-state index in [1.807, 2.05) is 0 Å². The zero-order valence-corrected chi connectivity index (χ0v) is 64.1. The number of fused-ring (bicyclic) bond motifs is 1. The molecule has 4 unspecified atom stereocenters. The van der Waals surface area contributed by atoms with Crippen LogP contribution in [0.5, 0.6) is 0 Å². The Morgan fingerprint density at radius 1 is 0.596 bits per heavy atom. The average Bonchev–Trinajstić information content (AvgIpc) is 1.72. The molecule has 0 spiro atoms. The number of nitrogens with one attached hydrogen (secondary N) is 14. The van der Waals surface area contributed by atoms with Gasteiger partial charge in [0.25, 0.3) is 0 Å². The number of nitrogens with zero attached hydrogens (tertiary/aromatic N) is 3. The normalized spacial score (nSPS) is 22.1. The third kappa shape index (κ3) is 34.1. The SMILES string of the molecule is CC(=O)N[C@@H](CS)C(=O)N1CCCC1C(=O)N[C@@H](CC(C)C)C(=O)NCC(=O)N[C@@H](CC(C)C)C(=O)N[C@@H](C)C(=O)NCC(=O)N[C@H]1CSSC[C@@H](C(N)=O)NC(=O)C(CC(=O)O)NC(=O)C2CCCN2C(=O)CNC(=O)C(CCCCN)NC(=O)[C@H](CC(=O)O)NC(=O)CNC(=O)[C@H](CCCN=C(N)N)NC1=O. The van der Waals surface area contributed by atoms with E-state index in [0.717, 1.165) is 26.5 Å². The molecule has 0 bridgehead atoms. The molecule has 3 heterocycles. The number of primary amides is 1. The van der Waals surface area contributed by atoms with Crippen molar-refractivity contribution in [1.29, 1.82) is 0 Å². The molecule has 0 aromatic rings. The summed E-state index contributed by atoms with van der Waals surface area (Å²) >= 11 is 4.17. The molecule has 0 aliphatic carbocycles. The Balaban J connectivity index is 1.91. The van der Waals surface area contributed by atoms with Crippen LogP contribution in [-0.2, 0) is 91.1 Å². The maximum absolute atomic E-state index is 14.4. The summed E-state index contributed by atoms with van der Waals surface area (Å²) in [6, 6.07) is -17.4. The highest BCUT2D eigenvalue weighted by molar-refractivity contribution is 8.76. The first-order valence-corrected chi connectivity index (χ1v) is 38.5. The third-order valence-electron chi connectivity index (χ3n) is 16.8. The third-order valence-corrected chi connectivity index (χ3v) is 19.6. The number of hydrogen-bond acceptors (Lipinski definition) is 24. The van der Waals surface area contributed by atoms with Crippen molar-refractivity contribution in [3.63, 3.8) is 0 Å². The summed E-state index contributed by atoms with van der Waals surface area (Å²) in [4.78, 5) is 261. The van der Waals surface area contributed by atoms with Crippen LogP contribution in [0.3, 0.4) is 0 Å². The second-order valence-corrected chi connectivity index (χ2v) is 29.7. The molecule has 610 valence electrons. The summed E-state index contributed by atoms with van der Waals surface area (Å²) in [5.74, 6) is -20.6. The van der Waals surface area contributed by atoms with E-state index in [0.29, 0.717) is 12.8 Å². The molecule has 0 aromatic heterocycles. The molecule has 3 aliphatic heterocycles. The number of nitrogens with two attached hydrogens (primary N) is 4. The number of hydrogen-bond donors (Lipinski definition) is 21. The lowest BCUT2D eigenvalue weighted by atomic mass is 10.0. The number of guanidine groups is 1. The van der Waals surface area contributed by atoms with Crippen molar-refractivity contribution >= 4 is 153 Å². The fraction of sp³-hybridized carbons (Fsp3) is 0.688. The van der Waals surface area contributed by atoms with Crippen molar-refractivity contribution < 1.29 is 101 Å². The van der Waals surface area contributed by atoms with Gasteiger partial charge in [-0.05, 0) is 95.9 Å². The number of aliphatic imine (C=N–C) groups is 1. The number of unbranched alkanes of at least 4 members (excludes halogenated alkanes) is 1. The van der Waals surface area contributed by atoms with E-state index in [4.69, 9.17) is 22.9 Å². The van der Waals surface area contributed by atoms with Gasteiger partial charge in [0.05, 0.1) is 39.0 Å². The van der Waals surface area contributed by atoms with Crippen molar-refractivity contribution in [2.24, 2.45) is 39.8 Å². The molecule has 3 rings (SSSR count). The van der Waals surface area contributed by atoms with Crippen LogP contribution < -0.4 is 97.4 Å². The van der Waals surface area contributed by atoms with Crippen LogP contribution in [0.15, 0.2) is 4.99 Å². The van der Waals surface area contributed by atoms with Crippen molar-refractivity contribution in [3.8, 4) is 0 Å². The average molecular weight is 1600 g/mol. The van der Waals surface area contributed by atoms with E-state index in [1.54, 1.807) is 27.7 Å². The fourth-order valence-electron chi connectivity index (χ4n) is 11.3. The predicted molar refractivity (Wildman–Crippen MR) is 396 cm³/mol. The molecule has 24 N–H and O–H groups in total. The number of likely N-dealkylation sites (tertiary alicyclic amines) is 1. The second-order valence-electron chi connectivity index (χ2n) is 26.8. The molecule has 0 radical (unpaired) electrons. The topological polar surface area (TPSA) is 656 Å². The van der Waals surface area contributed by atoms with E-state index in [-0.39, 0.29) is 108 Å². The standard InChI is InChI=1S/C64H105N21O21S3/c1-31(2)20-37(81-62(105)45-15-11-19-85(45)63(106)41(28-107)75-34(6)86)56(99)72-26-46(87)76-38(21-32(3)4)57(100)74-33(5)53(96)70-24-48(89)78-43-30-109-108-29-42(52(66)95)83-59(102)40(23-51(93)94)82-61(104)44-14-10-18-84(44)49(90)27-73-55(98)35(12-7-8-16-65)79-58(101)39(22-50(91)92)77-47(88)25-71-54(97)36(80-60(43)103)13-9-17-69-64(67)68/h31-33,35-45,107H,7-30,65H2,1-6H3,(H2,66,95)(H,70,96)(H,71,97)(H,72,99)(H,73,98)(H,74,100)(H,75,86)(H,76,87)(H,77,88)(H,78,89)(H,79,101)(H,80,103)(H,81,105)(H,82,104)(H,83,102)(H,91,92)(H,93,94)(H4,67,68,69)/t33-,35?,36-,37-,38-,39-,40?,41-,42-,43-,44?,45?/m0/s1. The molecule has 109 heavy (non-hydrogen) atoms. The van der Waals surface area contributed by atoms with Crippen molar-refractivity contribution in [3.05, 3.63) is 0 Å². The van der Waals surface area contributed by atoms with E-state index >= 15 is 0 Å². The summed E-state index contributed by atoms with van der Waals surface area (Å²) in [7, 11) is 1.55. The summed E-state index contributed by atoms with van der Waals surface area (Å²) in [5, 5.41) is 53.3. The molecule has 12 atom stereocenters. The van der Waals surface area contributed by atoms with E-state index < -0.39 is 235 Å². The van der Waals surface area contributed by atoms with Gasteiger partial charge in [0.15, 0.2) is 5.96 Å². The Hall–Kier alpha value is -9.79. The van der Waals surface area contributed by atoms with Gasteiger partial charge in [-0.2, -0.15) is 12.6 Å². The van der Waals surface area contributed by atoms with Crippen molar-refractivity contribution in [2.75, 3.05) is 69.6 Å². The van der Waals surface area contributed by atoms with Crippen LogP contribution in [0, 0.1) is 11.8 Å². The first-order valence-electron chi connectivity index (χ1n) is 35.4. The Labute approximate surface area is 642 Å². The Morgan fingerprint density at radius 3 is 1.73 bits per heavy atom. The molecule has 3 saturated heterocycles. The van der Waals surface area contributed by atoms with Gasteiger partial charge < -0.3 is 117 Å². The van der Waals surface area contributed by atoms with Gasteiger partial charge in [0.1, 0.15) is 72.5 Å². The zero-order chi connectivity index (χ0) is 81.8. The van der Waals surface area contributed by atoms with E-state index in [1.165, 1.54) is 18.7 Å². The summed E-state index contributed by atoms with van der Waals surface area (Å²) in [5.41, 5.74) is 22.3. The minimum atomic E-state index is -1.90. The number of carboxylic acids is 2. The van der Waals surface area contributed by atoms with Gasteiger partial charge in [-0.1, -0.05) is 49.3 Å². The molecule has 0 aromatic carbocycles. The van der Waals surface area contributed by atoms with Gasteiger partial charge in [-0.3, -0.25) is 96.1 Å². The first-order chi connectivity index (χ1) is 51.3. The summed E-state index contributed by atoms with van der Waals surface area (Å²) < 4.78 is 0. The van der Waals surface area contributed by atoms with Crippen LogP contribution in [0.4, 0.5) is 0 Å². The number of thiol groups is 1. The quantitative estimate of drug-likeness (QED) is 0.00978. The van der Waals surface area contributed by atoms with E-state index in [2.05, 4.69) is 92.1 Å². The fourth-order valence-corrected chi connectivity index (χ4v) is 13.9. The lowest BCUT2D eigenvalue weighted by molar-refractivity contribution is -0.143. The smallest absolute Gasteiger partial charge is 0.305 e. The van der Waals surface area contributed by atoms with Crippen molar-refractivity contribution in [2.45, 2.75) is 198 Å². The summed E-state index contributed by atoms with van der Waals surface area (Å²) in [6.07, 6.45) is -0.872.